The van der Waals surface area contributed by atoms with Gasteiger partial charge in [0.05, 0.1) is 23.6 Å². The lowest BCUT2D eigenvalue weighted by Crippen LogP contribution is -2.37. The molecule has 0 amide bonds. The van der Waals surface area contributed by atoms with Crippen LogP contribution in [0.4, 0.5) is 0 Å². The van der Waals surface area contributed by atoms with Gasteiger partial charge in [-0.3, -0.25) is 5.32 Å². The van der Waals surface area contributed by atoms with Crippen molar-refractivity contribution in [2.45, 2.75) is 45.8 Å². The van der Waals surface area contributed by atoms with Gasteiger partial charge in [-0.25, -0.2) is 4.98 Å². The zero-order valence-electron chi connectivity index (χ0n) is 11.7. The number of hydrogen-bond acceptors (Lipinski definition) is 3. The fourth-order valence-corrected chi connectivity index (χ4v) is 2.31. The molecule has 2 aromatic rings. The summed E-state index contributed by atoms with van der Waals surface area (Å²) in [7, 11) is 0. The summed E-state index contributed by atoms with van der Waals surface area (Å²) in [6, 6.07) is 10.5. The Balaban J connectivity index is 2.35. The molecule has 0 aliphatic heterocycles. The van der Waals surface area contributed by atoms with Gasteiger partial charge in [-0.05, 0) is 26.0 Å². The maximum atomic E-state index is 9.26. The van der Waals surface area contributed by atoms with Crippen molar-refractivity contribution in [2.24, 2.45) is 0 Å². The molecule has 1 atom stereocenters. The van der Waals surface area contributed by atoms with Crippen LogP contribution in [0, 0.1) is 11.3 Å². The summed E-state index contributed by atoms with van der Waals surface area (Å²) in [5.41, 5.74) is 2.10. The third kappa shape index (κ3) is 2.94. The fourth-order valence-electron chi connectivity index (χ4n) is 2.31. The van der Waals surface area contributed by atoms with Gasteiger partial charge < -0.3 is 4.57 Å². The van der Waals surface area contributed by atoms with E-state index >= 15 is 0 Å². The van der Waals surface area contributed by atoms with Crippen LogP contribution in [0.3, 0.4) is 0 Å². The summed E-state index contributed by atoms with van der Waals surface area (Å²) >= 11 is 0. The Bertz CT molecular complexity index is 592. The number of aromatic nitrogens is 2. The van der Waals surface area contributed by atoms with Crippen molar-refractivity contribution in [3.05, 3.63) is 30.1 Å². The molecular formula is C15H20N4. The van der Waals surface area contributed by atoms with E-state index in [2.05, 4.69) is 47.8 Å². The van der Waals surface area contributed by atoms with Crippen molar-refractivity contribution < 1.29 is 0 Å². The number of imidazole rings is 1. The minimum absolute atomic E-state index is 0.192. The molecule has 0 saturated carbocycles. The minimum atomic E-state index is -0.192. The number of nitriles is 1. The van der Waals surface area contributed by atoms with Gasteiger partial charge in [0.15, 0.2) is 0 Å². The summed E-state index contributed by atoms with van der Waals surface area (Å²) in [6.45, 7) is 6.83. The molecule has 19 heavy (non-hydrogen) atoms. The largest absolute Gasteiger partial charge is 0.325 e. The van der Waals surface area contributed by atoms with Gasteiger partial charge in [0.25, 0.3) is 0 Å². The Kier molecular flexibility index (Phi) is 4.18. The summed E-state index contributed by atoms with van der Waals surface area (Å²) in [4.78, 5) is 4.62. The molecule has 0 aliphatic rings. The van der Waals surface area contributed by atoms with Crippen molar-refractivity contribution in [1.82, 2.24) is 14.9 Å². The lowest BCUT2D eigenvalue weighted by atomic mass is 10.2. The topological polar surface area (TPSA) is 53.6 Å². The van der Waals surface area contributed by atoms with Crippen molar-refractivity contribution in [1.29, 1.82) is 5.26 Å². The van der Waals surface area contributed by atoms with Crippen molar-refractivity contribution >= 4 is 11.0 Å². The van der Waals surface area contributed by atoms with Gasteiger partial charge in [0, 0.05) is 12.5 Å². The van der Waals surface area contributed by atoms with Gasteiger partial charge in [-0.15, -0.1) is 0 Å². The van der Waals surface area contributed by atoms with Crippen molar-refractivity contribution in [3.63, 3.8) is 0 Å². The Morgan fingerprint density at radius 2 is 2.11 bits per heavy atom. The Morgan fingerprint density at radius 3 is 2.74 bits per heavy atom. The number of benzene rings is 1. The van der Waals surface area contributed by atoms with Crippen LogP contribution in [-0.4, -0.2) is 21.6 Å². The number of hydrogen-bond donors (Lipinski definition) is 1. The van der Waals surface area contributed by atoms with E-state index in [1.165, 1.54) is 0 Å². The van der Waals surface area contributed by atoms with Crippen LogP contribution < -0.4 is 5.32 Å². The highest BCUT2D eigenvalue weighted by Gasteiger charge is 2.14. The fraction of sp³-hybridized carbons (Fsp3) is 0.467. The summed E-state index contributed by atoms with van der Waals surface area (Å²) in [6.07, 6.45) is 0.870. The van der Waals surface area contributed by atoms with Crippen LogP contribution in [0.5, 0.6) is 0 Å². The van der Waals surface area contributed by atoms with Gasteiger partial charge in [0.2, 0.25) is 0 Å². The predicted octanol–water partition coefficient (Wildman–Crippen LogP) is 2.49. The van der Waals surface area contributed by atoms with E-state index in [-0.39, 0.29) is 6.04 Å². The number of para-hydroxylation sites is 2. The molecule has 0 radical (unpaired) electrons. The SMILES string of the molecule is CCc1nc2ccccc2n1CC(C#N)NC(C)C. The standard InChI is InChI=1S/C15H20N4/c1-4-15-18-13-7-5-6-8-14(13)19(15)10-12(9-16)17-11(2)3/h5-8,11-12,17H,4,10H2,1-3H3. The highest BCUT2D eigenvalue weighted by atomic mass is 15.1. The second-order valence-corrected chi connectivity index (χ2v) is 4.98. The van der Waals surface area contributed by atoms with Gasteiger partial charge in [-0.1, -0.05) is 19.1 Å². The minimum Gasteiger partial charge on any atom is -0.325 e. The molecule has 1 unspecified atom stereocenters. The molecule has 0 aliphatic carbocycles. The average molecular weight is 256 g/mol. The Morgan fingerprint density at radius 1 is 1.37 bits per heavy atom. The smallest absolute Gasteiger partial charge is 0.114 e. The molecule has 0 saturated heterocycles. The molecule has 1 heterocycles. The second-order valence-electron chi connectivity index (χ2n) is 4.98. The second kappa shape index (κ2) is 5.85. The van der Waals surface area contributed by atoms with E-state index in [0.29, 0.717) is 12.6 Å². The van der Waals surface area contributed by atoms with Crippen molar-refractivity contribution in [3.8, 4) is 6.07 Å². The molecule has 100 valence electrons. The monoisotopic (exact) mass is 256 g/mol. The maximum Gasteiger partial charge on any atom is 0.114 e. The normalized spacial score (nSPS) is 12.8. The lowest BCUT2D eigenvalue weighted by Gasteiger charge is -2.17. The first-order valence-electron chi connectivity index (χ1n) is 6.75. The highest BCUT2D eigenvalue weighted by Crippen LogP contribution is 2.17. The van der Waals surface area contributed by atoms with E-state index < -0.39 is 0 Å². The Hall–Kier alpha value is -1.86. The molecule has 0 fully saturated rings. The van der Waals surface area contributed by atoms with Crippen LogP contribution in [0.1, 0.15) is 26.6 Å². The zero-order chi connectivity index (χ0) is 13.8. The van der Waals surface area contributed by atoms with E-state index in [0.717, 1.165) is 23.3 Å². The first-order valence-corrected chi connectivity index (χ1v) is 6.75. The molecule has 1 aromatic heterocycles. The van der Waals surface area contributed by atoms with Gasteiger partial charge in [0.1, 0.15) is 11.9 Å². The maximum absolute atomic E-state index is 9.26. The molecular weight excluding hydrogens is 236 g/mol. The molecule has 2 rings (SSSR count). The molecule has 4 nitrogen and oxygen atoms in total. The molecule has 4 heteroatoms. The number of nitrogens with one attached hydrogen (secondary N) is 1. The number of nitrogens with zero attached hydrogens (tertiary/aromatic N) is 3. The number of rotatable bonds is 5. The zero-order valence-corrected chi connectivity index (χ0v) is 11.7. The lowest BCUT2D eigenvalue weighted by molar-refractivity contribution is 0.475. The molecule has 0 bridgehead atoms. The van der Waals surface area contributed by atoms with E-state index in [1.54, 1.807) is 0 Å². The molecule has 0 spiro atoms. The number of fused-ring (bicyclic) bond motifs is 1. The first kappa shape index (κ1) is 13.6. The third-order valence-corrected chi connectivity index (χ3v) is 3.11. The predicted molar refractivity (Wildman–Crippen MR) is 76.8 cm³/mol. The van der Waals surface area contributed by atoms with Crippen LogP contribution in [0.15, 0.2) is 24.3 Å². The van der Waals surface area contributed by atoms with E-state index in [9.17, 15) is 5.26 Å². The molecule has 1 aromatic carbocycles. The number of aryl methyl sites for hydroxylation is 1. The third-order valence-electron chi connectivity index (χ3n) is 3.11. The van der Waals surface area contributed by atoms with Gasteiger partial charge >= 0.3 is 0 Å². The van der Waals surface area contributed by atoms with Crippen LogP contribution >= 0.6 is 0 Å². The summed E-state index contributed by atoms with van der Waals surface area (Å²) in [5.74, 6) is 1.03. The average Bonchev–Trinajstić information content (AvgIpc) is 2.75. The first-order chi connectivity index (χ1) is 9.15. The van der Waals surface area contributed by atoms with Crippen LogP contribution in [0.2, 0.25) is 0 Å². The Labute approximate surface area is 114 Å². The van der Waals surface area contributed by atoms with E-state index in [1.807, 2.05) is 18.2 Å². The summed E-state index contributed by atoms with van der Waals surface area (Å²) in [5, 5.41) is 12.5. The van der Waals surface area contributed by atoms with Gasteiger partial charge in [-0.2, -0.15) is 5.26 Å². The van der Waals surface area contributed by atoms with Crippen LogP contribution in [-0.2, 0) is 13.0 Å². The quantitative estimate of drug-likeness (QED) is 0.894. The van der Waals surface area contributed by atoms with Crippen molar-refractivity contribution in [2.75, 3.05) is 0 Å². The highest BCUT2D eigenvalue weighted by molar-refractivity contribution is 5.75. The van der Waals surface area contributed by atoms with Crippen LogP contribution in [0.25, 0.3) is 11.0 Å². The summed E-state index contributed by atoms with van der Waals surface area (Å²) < 4.78 is 2.15. The molecule has 1 N–H and O–H groups in total. The van der Waals surface area contributed by atoms with E-state index in [4.69, 9.17) is 0 Å².